The maximum Gasteiger partial charge on any atom is 0.0505 e. The fraction of sp³-hybridized carbons (Fsp3) is 0.538. The third-order valence-electron chi connectivity index (χ3n) is 3.84. The molecule has 1 aromatic rings. The maximum absolute atomic E-state index is 9.33. The van der Waals surface area contributed by atoms with Gasteiger partial charge in [0.1, 0.15) is 0 Å². The van der Waals surface area contributed by atoms with Crippen LogP contribution in [0.15, 0.2) is 18.2 Å². The van der Waals surface area contributed by atoms with Gasteiger partial charge in [0.25, 0.3) is 0 Å². The lowest BCUT2D eigenvalue weighted by atomic mass is 9.97. The molecule has 0 aliphatic heterocycles. The van der Waals surface area contributed by atoms with Crippen molar-refractivity contribution in [2.75, 3.05) is 13.2 Å². The van der Waals surface area contributed by atoms with Gasteiger partial charge in [-0.2, -0.15) is 0 Å². The lowest BCUT2D eigenvalue weighted by molar-refractivity contribution is 0.211. The summed E-state index contributed by atoms with van der Waals surface area (Å²) in [5.74, 6) is 0.465. The van der Waals surface area contributed by atoms with Gasteiger partial charge >= 0.3 is 0 Å². The topological polar surface area (TPSA) is 46.2 Å². The van der Waals surface area contributed by atoms with E-state index in [2.05, 4.69) is 32.0 Å². The maximum atomic E-state index is 9.33. The molecular formula is C13H19NO. The van der Waals surface area contributed by atoms with Gasteiger partial charge in [-0.1, -0.05) is 18.2 Å². The molecule has 1 saturated carbocycles. The third-order valence-corrected chi connectivity index (χ3v) is 3.84. The molecule has 2 rings (SSSR count). The molecule has 1 aliphatic carbocycles. The Bertz CT molecular complexity index is 369. The van der Waals surface area contributed by atoms with Gasteiger partial charge in [-0.25, -0.2) is 0 Å². The quantitative estimate of drug-likeness (QED) is 0.789. The second-order valence-electron chi connectivity index (χ2n) is 4.83. The average molecular weight is 205 g/mol. The summed E-state index contributed by atoms with van der Waals surface area (Å²) < 4.78 is 0. The molecule has 2 nitrogen and oxygen atoms in total. The molecule has 3 N–H and O–H groups in total. The van der Waals surface area contributed by atoms with E-state index in [-0.39, 0.29) is 12.0 Å². The van der Waals surface area contributed by atoms with Crippen molar-refractivity contribution in [1.29, 1.82) is 0 Å². The highest BCUT2D eigenvalue weighted by molar-refractivity contribution is 5.37. The number of aliphatic hydroxyl groups is 1. The fourth-order valence-corrected chi connectivity index (χ4v) is 2.27. The third kappa shape index (κ3) is 1.68. The largest absolute Gasteiger partial charge is 0.396 e. The molecule has 0 heterocycles. The number of rotatable bonds is 3. The Morgan fingerprint density at radius 3 is 2.60 bits per heavy atom. The molecule has 82 valence electrons. The lowest BCUT2D eigenvalue weighted by Gasteiger charge is -2.12. The second-order valence-corrected chi connectivity index (χ2v) is 4.83. The van der Waals surface area contributed by atoms with Crippen molar-refractivity contribution < 1.29 is 5.11 Å². The first-order chi connectivity index (χ1) is 7.13. The Balaban J connectivity index is 2.23. The van der Waals surface area contributed by atoms with Crippen molar-refractivity contribution in [2.24, 2.45) is 11.1 Å². The van der Waals surface area contributed by atoms with E-state index < -0.39 is 0 Å². The first-order valence-electron chi connectivity index (χ1n) is 5.51. The summed E-state index contributed by atoms with van der Waals surface area (Å²) in [6.45, 7) is 5.04. The molecule has 15 heavy (non-hydrogen) atoms. The Labute approximate surface area is 91.1 Å². The number of benzene rings is 1. The van der Waals surface area contributed by atoms with E-state index in [1.54, 1.807) is 0 Å². The van der Waals surface area contributed by atoms with Crippen LogP contribution in [0, 0.1) is 19.3 Å². The smallest absolute Gasteiger partial charge is 0.0505 e. The molecule has 1 aromatic carbocycles. The molecule has 0 spiro atoms. The summed E-state index contributed by atoms with van der Waals surface area (Å²) in [5.41, 5.74) is 9.66. The predicted molar refractivity (Wildman–Crippen MR) is 61.8 cm³/mol. The van der Waals surface area contributed by atoms with Crippen molar-refractivity contribution in [2.45, 2.75) is 26.2 Å². The van der Waals surface area contributed by atoms with Gasteiger partial charge in [-0.3, -0.25) is 0 Å². The van der Waals surface area contributed by atoms with Gasteiger partial charge in [-0.15, -0.1) is 0 Å². The van der Waals surface area contributed by atoms with Crippen LogP contribution in [0.4, 0.5) is 0 Å². The first kappa shape index (κ1) is 10.7. The predicted octanol–water partition coefficient (Wildman–Crippen LogP) is 1.73. The van der Waals surface area contributed by atoms with Gasteiger partial charge in [0.05, 0.1) is 6.61 Å². The minimum atomic E-state index is -0.0261. The van der Waals surface area contributed by atoms with E-state index in [1.165, 1.54) is 16.7 Å². The normalized spacial score (nSPS) is 29.2. The highest BCUT2D eigenvalue weighted by atomic mass is 16.3. The highest BCUT2D eigenvalue weighted by Crippen LogP contribution is 2.58. The summed E-state index contributed by atoms with van der Waals surface area (Å²) in [6, 6.07) is 6.55. The summed E-state index contributed by atoms with van der Waals surface area (Å²) in [4.78, 5) is 0. The Hall–Kier alpha value is -0.860. The van der Waals surface area contributed by atoms with Crippen LogP contribution in [0.5, 0.6) is 0 Å². The van der Waals surface area contributed by atoms with E-state index in [0.717, 1.165) is 6.42 Å². The van der Waals surface area contributed by atoms with E-state index in [0.29, 0.717) is 12.5 Å². The number of hydrogen-bond acceptors (Lipinski definition) is 2. The number of nitrogens with two attached hydrogens (primary N) is 1. The van der Waals surface area contributed by atoms with Gasteiger partial charge in [0.2, 0.25) is 0 Å². The van der Waals surface area contributed by atoms with Crippen molar-refractivity contribution in [3.8, 4) is 0 Å². The highest BCUT2D eigenvalue weighted by Gasteiger charge is 2.53. The SMILES string of the molecule is Cc1ccc([C@@H]2C[C@@]2(CN)CO)cc1C. The molecule has 0 aromatic heterocycles. The zero-order valence-corrected chi connectivity index (χ0v) is 9.46. The van der Waals surface area contributed by atoms with Gasteiger partial charge in [-0.05, 0) is 42.9 Å². The van der Waals surface area contributed by atoms with E-state index in [1.807, 2.05) is 0 Å². The molecule has 0 amide bonds. The monoisotopic (exact) mass is 205 g/mol. The van der Waals surface area contributed by atoms with Crippen LogP contribution in [0.25, 0.3) is 0 Å². The second kappa shape index (κ2) is 3.62. The number of aliphatic hydroxyl groups excluding tert-OH is 1. The molecule has 2 heteroatoms. The van der Waals surface area contributed by atoms with Crippen LogP contribution in [0.2, 0.25) is 0 Å². The van der Waals surface area contributed by atoms with Crippen molar-refractivity contribution in [3.63, 3.8) is 0 Å². The summed E-state index contributed by atoms with van der Waals surface area (Å²) >= 11 is 0. The summed E-state index contributed by atoms with van der Waals surface area (Å²) in [6.07, 6.45) is 1.03. The number of hydrogen-bond donors (Lipinski definition) is 2. The molecule has 1 aliphatic rings. The first-order valence-corrected chi connectivity index (χ1v) is 5.51. The summed E-state index contributed by atoms with van der Waals surface area (Å²) in [5, 5.41) is 9.33. The average Bonchev–Trinajstić information content (AvgIpc) is 2.97. The van der Waals surface area contributed by atoms with Gasteiger partial charge in [0, 0.05) is 12.0 Å². The minimum Gasteiger partial charge on any atom is -0.396 e. The Morgan fingerprint density at radius 2 is 2.13 bits per heavy atom. The fourth-order valence-electron chi connectivity index (χ4n) is 2.27. The zero-order chi connectivity index (χ0) is 11.1. The van der Waals surface area contributed by atoms with E-state index >= 15 is 0 Å². The van der Waals surface area contributed by atoms with E-state index in [9.17, 15) is 5.11 Å². The van der Waals surface area contributed by atoms with E-state index in [4.69, 9.17) is 5.73 Å². The Kier molecular flexibility index (Phi) is 2.57. The zero-order valence-electron chi connectivity index (χ0n) is 9.46. The van der Waals surface area contributed by atoms with Crippen LogP contribution in [-0.4, -0.2) is 18.3 Å². The molecule has 0 radical (unpaired) electrons. The van der Waals surface area contributed by atoms with Crippen molar-refractivity contribution in [1.82, 2.24) is 0 Å². The molecule has 2 atom stereocenters. The van der Waals surface area contributed by atoms with Crippen LogP contribution in [0.1, 0.15) is 29.0 Å². The van der Waals surface area contributed by atoms with Crippen molar-refractivity contribution >= 4 is 0 Å². The standard InChI is InChI=1S/C13H19NO/c1-9-3-4-11(5-10(9)2)12-6-13(12,7-14)8-15/h3-5,12,15H,6-8,14H2,1-2H3/t12-,13+/m0/s1. The van der Waals surface area contributed by atoms with Crippen LogP contribution in [0.3, 0.4) is 0 Å². The van der Waals surface area contributed by atoms with Crippen LogP contribution in [-0.2, 0) is 0 Å². The van der Waals surface area contributed by atoms with Crippen molar-refractivity contribution in [3.05, 3.63) is 34.9 Å². The number of aryl methyl sites for hydroxylation is 2. The molecule has 0 unspecified atom stereocenters. The molecule has 0 saturated heterocycles. The lowest BCUT2D eigenvalue weighted by Crippen LogP contribution is -2.21. The summed E-state index contributed by atoms with van der Waals surface area (Å²) in [7, 11) is 0. The van der Waals surface area contributed by atoms with Gasteiger partial charge in [0.15, 0.2) is 0 Å². The molecule has 0 bridgehead atoms. The van der Waals surface area contributed by atoms with Gasteiger partial charge < -0.3 is 10.8 Å². The minimum absolute atomic E-state index is 0.0261. The molecule has 1 fully saturated rings. The Morgan fingerprint density at radius 1 is 1.40 bits per heavy atom. The van der Waals surface area contributed by atoms with Crippen LogP contribution >= 0.6 is 0 Å². The molecular weight excluding hydrogens is 186 g/mol. The van der Waals surface area contributed by atoms with Crippen LogP contribution < -0.4 is 5.73 Å².